The summed E-state index contributed by atoms with van der Waals surface area (Å²) in [6.45, 7) is 4.14. The van der Waals surface area contributed by atoms with Gasteiger partial charge in [0.25, 0.3) is 0 Å². The fourth-order valence-corrected chi connectivity index (χ4v) is 2.76. The van der Waals surface area contributed by atoms with Crippen molar-refractivity contribution in [1.82, 2.24) is 4.72 Å². The summed E-state index contributed by atoms with van der Waals surface area (Å²) < 4.78 is 26.5. The monoisotopic (exact) mass is 252 g/mol. The second-order valence-corrected chi connectivity index (χ2v) is 5.58. The van der Waals surface area contributed by atoms with E-state index in [4.69, 9.17) is 5.26 Å². The summed E-state index contributed by atoms with van der Waals surface area (Å²) in [6, 6.07) is 6.61. The maximum absolute atomic E-state index is 12.0. The van der Waals surface area contributed by atoms with Gasteiger partial charge in [-0.15, -0.1) is 0 Å². The van der Waals surface area contributed by atoms with Crippen LogP contribution >= 0.6 is 0 Å². The van der Waals surface area contributed by atoms with E-state index in [0.29, 0.717) is 17.7 Å². The first-order chi connectivity index (χ1) is 8.01. The molecule has 0 aliphatic heterocycles. The molecule has 0 aliphatic rings. The number of aryl methyl sites for hydroxylation is 1. The Morgan fingerprint density at radius 3 is 2.71 bits per heavy atom. The van der Waals surface area contributed by atoms with E-state index < -0.39 is 10.0 Å². The molecule has 0 saturated heterocycles. The van der Waals surface area contributed by atoms with E-state index in [0.717, 1.165) is 12.8 Å². The topological polar surface area (TPSA) is 70.0 Å². The van der Waals surface area contributed by atoms with Crippen LogP contribution in [0.5, 0.6) is 0 Å². The average Bonchev–Trinajstić information content (AvgIpc) is 2.29. The quantitative estimate of drug-likeness (QED) is 0.814. The first-order valence-electron chi connectivity index (χ1n) is 5.51. The van der Waals surface area contributed by atoms with Crippen LogP contribution in [-0.2, 0) is 10.0 Å². The molecule has 1 aromatic rings. The van der Waals surface area contributed by atoms with Gasteiger partial charge in [-0.3, -0.25) is 0 Å². The highest BCUT2D eigenvalue weighted by atomic mass is 32.2. The molecule has 0 aromatic heterocycles. The molecule has 0 spiro atoms. The number of unbranched alkanes of at least 4 members (excludes halogenated alkanes) is 1. The van der Waals surface area contributed by atoms with Crippen LogP contribution in [0.25, 0.3) is 0 Å². The van der Waals surface area contributed by atoms with Gasteiger partial charge in [-0.25, -0.2) is 13.1 Å². The Morgan fingerprint density at radius 2 is 2.12 bits per heavy atom. The largest absolute Gasteiger partial charge is 0.240 e. The Labute approximate surface area is 102 Å². The van der Waals surface area contributed by atoms with E-state index in [2.05, 4.69) is 4.72 Å². The molecule has 0 amide bonds. The molecule has 92 valence electrons. The van der Waals surface area contributed by atoms with Gasteiger partial charge in [0.1, 0.15) is 0 Å². The highest BCUT2D eigenvalue weighted by Gasteiger charge is 2.16. The second-order valence-electron chi connectivity index (χ2n) is 3.84. The summed E-state index contributed by atoms with van der Waals surface area (Å²) in [5, 5.41) is 8.77. The standard InChI is InChI=1S/C12H16N2O2S/c1-3-4-7-14-17(15,16)12-8-11(9-13)6-5-10(12)2/h5-6,8,14H,3-4,7H2,1-2H3. The normalized spacial score (nSPS) is 11.1. The number of hydrogen-bond acceptors (Lipinski definition) is 3. The van der Waals surface area contributed by atoms with E-state index in [9.17, 15) is 8.42 Å². The van der Waals surface area contributed by atoms with Crippen LogP contribution in [0.3, 0.4) is 0 Å². The SMILES string of the molecule is CCCCNS(=O)(=O)c1cc(C#N)ccc1C. The maximum Gasteiger partial charge on any atom is 0.240 e. The number of hydrogen-bond donors (Lipinski definition) is 1. The van der Waals surface area contributed by atoms with Gasteiger partial charge in [0.15, 0.2) is 0 Å². The molecule has 1 N–H and O–H groups in total. The number of rotatable bonds is 5. The lowest BCUT2D eigenvalue weighted by molar-refractivity contribution is 0.577. The van der Waals surface area contributed by atoms with Gasteiger partial charge in [0.2, 0.25) is 10.0 Å². The van der Waals surface area contributed by atoms with Gasteiger partial charge in [-0.2, -0.15) is 5.26 Å². The van der Waals surface area contributed by atoms with Crippen molar-refractivity contribution < 1.29 is 8.42 Å². The lowest BCUT2D eigenvalue weighted by Gasteiger charge is -2.09. The molecule has 0 saturated carbocycles. The van der Waals surface area contributed by atoms with Crippen LogP contribution < -0.4 is 4.72 Å². The Kier molecular flexibility index (Phi) is 4.67. The third kappa shape index (κ3) is 3.55. The molecule has 17 heavy (non-hydrogen) atoms. The molecule has 0 bridgehead atoms. The third-order valence-electron chi connectivity index (χ3n) is 2.43. The summed E-state index contributed by atoms with van der Waals surface area (Å²) in [5.74, 6) is 0. The lowest BCUT2D eigenvalue weighted by Crippen LogP contribution is -2.25. The molecule has 0 heterocycles. The molecule has 4 nitrogen and oxygen atoms in total. The molecule has 1 aromatic carbocycles. The number of nitriles is 1. The molecule has 1 rings (SSSR count). The van der Waals surface area contributed by atoms with Crippen molar-refractivity contribution in [2.24, 2.45) is 0 Å². The Hall–Kier alpha value is -1.38. The van der Waals surface area contributed by atoms with Gasteiger partial charge in [-0.05, 0) is 31.0 Å². The zero-order valence-corrected chi connectivity index (χ0v) is 10.8. The van der Waals surface area contributed by atoms with E-state index in [1.54, 1.807) is 19.1 Å². The van der Waals surface area contributed by atoms with Crippen LogP contribution in [-0.4, -0.2) is 15.0 Å². The molecule has 5 heteroatoms. The minimum atomic E-state index is -3.50. The Bertz CT molecular complexity index is 530. The molecule has 0 radical (unpaired) electrons. The maximum atomic E-state index is 12.0. The molecular formula is C12H16N2O2S. The minimum Gasteiger partial charge on any atom is -0.211 e. The van der Waals surface area contributed by atoms with E-state index in [1.165, 1.54) is 6.07 Å². The first-order valence-corrected chi connectivity index (χ1v) is 7.00. The lowest BCUT2D eigenvalue weighted by atomic mass is 10.2. The van der Waals surface area contributed by atoms with E-state index in [-0.39, 0.29) is 4.90 Å². The van der Waals surface area contributed by atoms with Crippen molar-refractivity contribution in [3.05, 3.63) is 29.3 Å². The summed E-state index contributed by atoms with van der Waals surface area (Å²) in [7, 11) is -3.50. The molecule has 0 unspecified atom stereocenters. The zero-order chi connectivity index (χ0) is 12.9. The summed E-state index contributed by atoms with van der Waals surface area (Å²) in [5.41, 5.74) is 1.000. The number of benzene rings is 1. The van der Waals surface area contributed by atoms with Crippen molar-refractivity contribution >= 4 is 10.0 Å². The van der Waals surface area contributed by atoms with Crippen LogP contribution in [0.4, 0.5) is 0 Å². The predicted octanol–water partition coefficient (Wildman–Crippen LogP) is 1.95. The smallest absolute Gasteiger partial charge is 0.211 e. The van der Waals surface area contributed by atoms with Crippen LogP contribution in [0.2, 0.25) is 0 Å². The molecular weight excluding hydrogens is 236 g/mol. The number of nitrogens with one attached hydrogen (secondary N) is 1. The van der Waals surface area contributed by atoms with Crippen molar-refractivity contribution in [2.75, 3.05) is 6.54 Å². The fraction of sp³-hybridized carbons (Fsp3) is 0.417. The summed E-state index contributed by atoms with van der Waals surface area (Å²) >= 11 is 0. The molecule has 0 aliphatic carbocycles. The Morgan fingerprint density at radius 1 is 1.41 bits per heavy atom. The average molecular weight is 252 g/mol. The number of nitrogens with zero attached hydrogens (tertiary/aromatic N) is 1. The van der Waals surface area contributed by atoms with E-state index in [1.807, 2.05) is 13.0 Å². The van der Waals surface area contributed by atoms with Crippen LogP contribution in [0.1, 0.15) is 30.9 Å². The highest BCUT2D eigenvalue weighted by Crippen LogP contribution is 2.16. The Balaban J connectivity index is 3.02. The van der Waals surface area contributed by atoms with Crippen molar-refractivity contribution in [1.29, 1.82) is 5.26 Å². The van der Waals surface area contributed by atoms with Gasteiger partial charge < -0.3 is 0 Å². The predicted molar refractivity (Wildman–Crippen MR) is 66.0 cm³/mol. The molecule has 0 fully saturated rings. The van der Waals surface area contributed by atoms with Gasteiger partial charge >= 0.3 is 0 Å². The fourth-order valence-electron chi connectivity index (χ4n) is 1.42. The van der Waals surface area contributed by atoms with Crippen molar-refractivity contribution in [2.45, 2.75) is 31.6 Å². The van der Waals surface area contributed by atoms with Crippen molar-refractivity contribution in [3.8, 4) is 6.07 Å². The first kappa shape index (κ1) is 13.7. The summed E-state index contributed by atoms with van der Waals surface area (Å²) in [4.78, 5) is 0.188. The number of sulfonamides is 1. The van der Waals surface area contributed by atoms with Crippen LogP contribution in [0, 0.1) is 18.3 Å². The summed E-state index contributed by atoms with van der Waals surface area (Å²) in [6.07, 6.45) is 1.73. The van der Waals surface area contributed by atoms with E-state index >= 15 is 0 Å². The molecule has 0 atom stereocenters. The van der Waals surface area contributed by atoms with Gasteiger partial charge in [0, 0.05) is 6.54 Å². The highest BCUT2D eigenvalue weighted by molar-refractivity contribution is 7.89. The van der Waals surface area contributed by atoms with Gasteiger partial charge in [-0.1, -0.05) is 19.4 Å². The second kappa shape index (κ2) is 5.80. The van der Waals surface area contributed by atoms with Crippen molar-refractivity contribution in [3.63, 3.8) is 0 Å². The van der Waals surface area contributed by atoms with Gasteiger partial charge in [0.05, 0.1) is 16.5 Å². The van der Waals surface area contributed by atoms with Crippen LogP contribution in [0.15, 0.2) is 23.1 Å². The minimum absolute atomic E-state index is 0.188. The zero-order valence-electron chi connectivity index (χ0n) is 10.0. The third-order valence-corrected chi connectivity index (χ3v) is 4.03.